The van der Waals surface area contributed by atoms with Crippen molar-refractivity contribution in [1.82, 2.24) is 5.32 Å². The van der Waals surface area contributed by atoms with Crippen molar-refractivity contribution >= 4 is 33.6 Å². The van der Waals surface area contributed by atoms with Crippen LogP contribution >= 0.6 is 27.7 Å². The summed E-state index contributed by atoms with van der Waals surface area (Å²) in [5.41, 5.74) is 2.35. The number of nitrogens with one attached hydrogen (secondary N) is 1. The summed E-state index contributed by atoms with van der Waals surface area (Å²) in [4.78, 5) is 12.9. The number of amides is 1. The molecule has 0 aliphatic rings. The minimum Gasteiger partial charge on any atom is -0.351 e. The molecule has 0 heterocycles. The van der Waals surface area contributed by atoms with Crippen LogP contribution in [-0.4, -0.2) is 11.7 Å². The molecule has 0 radical (unpaired) electrons. The Morgan fingerprint density at radius 2 is 1.65 bits per heavy atom. The molecular formula is C16H16BrNOS. The molecule has 0 fully saturated rings. The summed E-state index contributed by atoms with van der Waals surface area (Å²) < 4.78 is 0. The maximum absolute atomic E-state index is 11.8. The summed E-state index contributed by atoms with van der Waals surface area (Å²) in [6, 6.07) is 18.2. The van der Waals surface area contributed by atoms with Gasteiger partial charge in [-0.05, 0) is 23.3 Å². The van der Waals surface area contributed by atoms with Gasteiger partial charge in [-0.2, -0.15) is 0 Å². The minimum absolute atomic E-state index is 0.0587. The van der Waals surface area contributed by atoms with Crippen LogP contribution in [0.15, 0.2) is 59.5 Å². The molecule has 0 bridgehead atoms. The van der Waals surface area contributed by atoms with E-state index in [4.69, 9.17) is 0 Å². The zero-order chi connectivity index (χ0) is 14.2. The Hall–Kier alpha value is -1.26. The van der Waals surface area contributed by atoms with Crippen molar-refractivity contribution in [3.05, 3.63) is 65.7 Å². The molecule has 1 N–H and O–H groups in total. The lowest BCUT2D eigenvalue weighted by Crippen LogP contribution is -2.24. The topological polar surface area (TPSA) is 29.1 Å². The molecule has 0 spiro atoms. The van der Waals surface area contributed by atoms with Crippen LogP contribution < -0.4 is 5.32 Å². The van der Waals surface area contributed by atoms with Crippen LogP contribution in [0, 0.1) is 0 Å². The molecule has 20 heavy (non-hydrogen) atoms. The second kappa shape index (κ2) is 8.12. The fraction of sp³-hybridized carbons (Fsp3) is 0.188. The van der Waals surface area contributed by atoms with Gasteiger partial charge in [0, 0.05) is 16.8 Å². The van der Waals surface area contributed by atoms with Crippen molar-refractivity contribution in [3.8, 4) is 0 Å². The highest BCUT2D eigenvalue weighted by Gasteiger charge is 2.02. The highest BCUT2D eigenvalue weighted by atomic mass is 79.9. The van der Waals surface area contributed by atoms with Crippen molar-refractivity contribution in [2.75, 3.05) is 5.75 Å². The quantitative estimate of drug-likeness (QED) is 0.631. The molecule has 0 saturated carbocycles. The zero-order valence-corrected chi connectivity index (χ0v) is 13.4. The second-order valence-electron chi connectivity index (χ2n) is 4.33. The highest BCUT2D eigenvalue weighted by Crippen LogP contribution is 2.16. The monoisotopic (exact) mass is 349 g/mol. The fourth-order valence-corrected chi connectivity index (χ4v) is 2.79. The van der Waals surface area contributed by atoms with Gasteiger partial charge in [-0.1, -0.05) is 58.4 Å². The van der Waals surface area contributed by atoms with Crippen molar-refractivity contribution < 1.29 is 4.79 Å². The Balaban J connectivity index is 1.74. The third-order valence-corrected chi connectivity index (χ3v) is 4.44. The van der Waals surface area contributed by atoms with Gasteiger partial charge in [0.2, 0.25) is 5.91 Å². The van der Waals surface area contributed by atoms with Crippen LogP contribution in [0.2, 0.25) is 0 Å². The Morgan fingerprint density at radius 3 is 2.30 bits per heavy atom. The summed E-state index contributed by atoms with van der Waals surface area (Å²) in [5, 5.41) is 3.79. The number of hydrogen-bond acceptors (Lipinski definition) is 2. The Morgan fingerprint density at radius 1 is 1.00 bits per heavy atom. The van der Waals surface area contributed by atoms with E-state index in [-0.39, 0.29) is 5.91 Å². The van der Waals surface area contributed by atoms with Gasteiger partial charge < -0.3 is 5.32 Å². The first-order valence-corrected chi connectivity index (χ1v) is 8.47. The summed E-state index contributed by atoms with van der Waals surface area (Å²) >= 11 is 4.97. The molecule has 0 aromatic heterocycles. The van der Waals surface area contributed by atoms with Crippen molar-refractivity contribution in [3.63, 3.8) is 0 Å². The normalized spacial score (nSPS) is 10.2. The van der Waals surface area contributed by atoms with Crippen LogP contribution in [0.4, 0.5) is 0 Å². The first-order valence-electron chi connectivity index (χ1n) is 6.36. The molecule has 0 aliphatic carbocycles. The Bertz CT molecular complexity index is 542. The number of carbonyl (C=O) groups excluding carboxylic acids is 1. The summed E-state index contributed by atoms with van der Waals surface area (Å²) in [6.45, 7) is 0.580. The largest absolute Gasteiger partial charge is 0.351 e. The first kappa shape index (κ1) is 15.1. The van der Waals surface area contributed by atoms with Gasteiger partial charge in [0.1, 0.15) is 0 Å². The van der Waals surface area contributed by atoms with Crippen LogP contribution in [0.1, 0.15) is 11.1 Å². The lowest BCUT2D eigenvalue weighted by molar-refractivity contribution is -0.118. The van der Waals surface area contributed by atoms with Gasteiger partial charge in [-0.3, -0.25) is 4.79 Å². The van der Waals surface area contributed by atoms with E-state index in [1.807, 2.05) is 42.5 Å². The SMILES string of the molecule is O=C(CSc1ccccc1)NCc1ccc(CBr)cc1. The van der Waals surface area contributed by atoms with E-state index in [0.717, 1.165) is 15.8 Å². The highest BCUT2D eigenvalue weighted by molar-refractivity contribution is 9.08. The zero-order valence-electron chi connectivity index (χ0n) is 11.0. The Kier molecular flexibility index (Phi) is 6.15. The average Bonchev–Trinajstić information content (AvgIpc) is 2.52. The van der Waals surface area contributed by atoms with Crippen LogP contribution in [0.3, 0.4) is 0 Å². The molecule has 0 aliphatic heterocycles. The second-order valence-corrected chi connectivity index (χ2v) is 5.94. The third kappa shape index (κ3) is 5.02. The van der Waals surface area contributed by atoms with Crippen LogP contribution in [0.5, 0.6) is 0 Å². The molecule has 2 aromatic carbocycles. The van der Waals surface area contributed by atoms with Crippen LogP contribution in [-0.2, 0) is 16.7 Å². The number of hydrogen-bond donors (Lipinski definition) is 1. The van der Waals surface area contributed by atoms with Crippen molar-refractivity contribution in [2.45, 2.75) is 16.8 Å². The number of rotatable bonds is 6. The number of benzene rings is 2. The molecule has 104 valence electrons. The van der Waals surface area contributed by atoms with Gasteiger partial charge in [-0.25, -0.2) is 0 Å². The van der Waals surface area contributed by atoms with E-state index in [1.54, 1.807) is 11.8 Å². The smallest absolute Gasteiger partial charge is 0.230 e. The number of alkyl halides is 1. The molecule has 2 rings (SSSR count). The van der Waals surface area contributed by atoms with E-state index in [1.165, 1.54) is 5.56 Å². The van der Waals surface area contributed by atoms with Gasteiger partial charge >= 0.3 is 0 Å². The van der Waals surface area contributed by atoms with E-state index in [2.05, 4.69) is 33.4 Å². The van der Waals surface area contributed by atoms with E-state index >= 15 is 0 Å². The summed E-state index contributed by atoms with van der Waals surface area (Å²) in [7, 11) is 0. The van der Waals surface area contributed by atoms with Gasteiger partial charge in [0.05, 0.1) is 5.75 Å². The molecule has 1 amide bonds. The third-order valence-electron chi connectivity index (χ3n) is 2.78. The van der Waals surface area contributed by atoms with E-state index in [0.29, 0.717) is 12.3 Å². The predicted octanol–water partition coefficient (Wildman–Crippen LogP) is 3.99. The molecule has 0 unspecified atom stereocenters. The lowest BCUT2D eigenvalue weighted by Gasteiger charge is -2.06. The predicted molar refractivity (Wildman–Crippen MR) is 88.1 cm³/mol. The summed E-state index contributed by atoms with van der Waals surface area (Å²) in [6.07, 6.45) is 0. The van der Waals surface area contributed by atoms with Gasteiger partial charge in [0.25, 0.3) is 0 Å². The van der Waals surface area contributed by atoms with E-state index in [9.17, 15) is 4.79 Å². The van der Waals surface area contributed by atoms with Crippen molar-refractivity contribution in [2.24, 2.45) is 0 Å². The van der Waals surface area contributed by atoms with Crippen LogP contribution in [0.25, 0.3) is 0 Å². The summed E-state index contributed by atoms with van der Waals surface area (Å²) in [5.74, 6) is 0.507. The van der Waals surface area contributed by atoms with Crippen molar-refractivity contribution in [1.29, 1.82) is 0 Å². The molecule has 0 saturated heterocycles. The number of thioether (sulfide) groups is 1. The maximum atomic E-state index is 11.8. The minimum atomic E-state index is 0.0587. The molecule has 2 nitrogen and oxygen atoms in total. The molecule has 4 heteroatoms. The number of carbonyl (C=O) groups is 1. The van der Waals surface area contributed by atoms with Gasteiger partial charge in [0.15, 0.2) is 0 Å². The number of halogens is 1. The average molecular weight is 350 g/mol. The molecular weight excluding hydrogens is 334 g/mol. The standard InChI is InChI=1S/C16H16BrNOS/c17-10-13-6-8-14(9-7-13)11-18-16(19)12-20-15-4-2-1-3-5-15/h1-9H,10-12H2,(H,18,19). The van der Waals surface area contributed by atoms with Gasteiger partial charge in [-0.15, -0.1) is 11.8 Å². The Labute approximate surface area is 132 Å². The molecule has 0 atom stereocenters. The van der Waals surface area contributed by atoms with E-state index < -0.39 is 0 Å². The fourth-order valence-electron chi connectivity index (χ4n) is 1.66. The maximum Gasteiger partial charge on any atom is 0.230 e. The lowest BCUT2D eigenvalue weighted by atomic mass is 10.1. The first-order chi connectivity index (χ1) is 9.78. The molecule has 2 aromatic rings.